The molecule has 1 amide bonds. The summed E-state index contributed by atoms with van der Waals surface area (Å²) in [5.41, 5.74) is 5.19. The molecule has 28 heavy (non-hydrogen) atoms. The molecule has 1 unspecified atom stereocenters. The molecule has 0 fully saturated rings. The van der Waals surface area contributed by atoms with Gasteiger partial charge in [-0.05, 0) is 30.3 Å². The smallest absolute Gasteiger partial charge is 0.364 e. The predicted molar refractivity (Wildman–Crippen MR) is 96.8 cm³/mol. The molecule has 0 radical (unpaired) electrons. The van der Waals surface area contributed by atoms with Gasteiger partial charge in [-0.2, -0.15) is 13.2 Å². The molecule has 2 aromatic heterocycles. The first-order chi connectivity index (χ1) is 13.3. The van der Waals surface area contributed by atoms with Gasteiger partial charge in [-0.3, -0.25) is 4.79 Å². The molecule has 0 saturated heterocycles. The number of hydrogen-bond acceptors (Lipinski definition) is 4. The van der Waals surface area contributed by atoms with E-state index < -0.39 is 23.8 Å². The first-order valence-electron chi connectivity index (χ1n) is 7.96. The van der Waals surface area contributed by atoms with Crippen LogP contribution in [0.15, 0.2) is 47.8 Å². The van der Waals surface area contributed by atoms with E-state index in [1.54, 1.807) is 12.3 Å². The molecular weight excluding hydrogens is 397 g/mol. The number of imidazole rings is 1. The minimum Gasteiger partial charge on any atom is -0.364 e. The first kappa shape index (κ1) is 18.1. The molecule has 1 aliphatic rings. The van der Waals surface area contributed by atoms with Crippen LogP contribution in [-0.4, -0.2) is 26.8 Å². The van der Waals surface area contributed by atoms with Crippen LogP contribution in [0.25, 0.3) is 0 Å². The van der Waals surface area contributed by atoms with E-state index in [0.717, 1.165) is 18.2 Å². The number of nitrogens with zero attached hydrogens (tertiary/aromatic N) is 4. The van der Waals surface area contributed by atoms with Crippen molar-refractivity contribution in [2.45, 2.75) is 12.3 Å². The molecule has 0 bridgehead atoms. The van der Waals surface area contributed by atoms with E-state index in [0.29, 0.717) is 11.5 Å². The fourth-order valence-electron chi connectivity index (χ4n) is 3.07. The SMILES string of the molecule is NC(=O)c1cccn1C1c2nc[nH]c2N=CN1c1cc(C(F)(F)F)ccc1Cl. The molecule has 0 aliphatic carbocycles. The number of hydrogen-bond donors (Lipinski definition) is 2. The average Bonchev–Trinajstić information content (AvgIpc) is 3.29. The van der Waals surface area contributed by atoms with Gasteiger partial charge in [0.2, 0.25) is 0 Å². The Balaban J connectivity index is 1.91. The average molecular weight is 409 g/mol. The van der Waals surface area contributed by atoms with Crippen molar-refractivity contribution in [1.82, 2.24) is 14.5 Å². The first-order valence-corrected chi connectivity index (χ1v) is 8.34. The van der Waals surface area contributed by atoms with Crippen molar-refractivity contribution in [2.24, 2.45) is 10.7 Å². The van der Waals surface area contributed by atoms with Crippen molar-refractivity contribution < 1.29 is 18.0 Å². The van der Waals surface area contributed by atoms with Crippen molar-refractivity contribution in [3.8, 4) is 0 Å². The number of amides is 1. The summed E-state index contributed by atoms with van der Waals surface area (Å²) >= 11 is 6.21. The van der Waals surface area contributed by atoms with E-state index in [2.05, 4.69) is 15.0 Å². The topological polar surface area (TPSA) is 92.3 Å². The highest BCUT2D eigenvalue weighted by Crippen LogP contribution is 2.41. The van der Waals surface area contributed by atoms with E-state index in [-0.39, 0.29) is 16.4 Å². The number of nitrogens with one attached hydrogen (secondary N) is 1. The number of benzene rings is 1. The molecular formula is C17H12ClF3N6O. The van der Waals surface area contributed by atoms with Crippen LogP contribution in [0.5, 0.6) is 0 Å². The summed E-state index contributed by atoms with van der Waals surface area (Å²) in [6.07, 6.45) is -1.06. The monoisotopic (exact) mass is 408 g/mol. The number of anilines is 1. The van der Waals surface area contributed by atoms with Crippen LogP contribution < -0.4 is 10.6 Å². The van der Waals surface area contributed by atoms with E-state index in [9.17, 15) is 18.0 Å². The maximum atomic E-state index is 13.2. The fourth-order valence-corrected chi connectivity index (χ4v) is 3.28. The van der Waals surface area contributed by atoms with Crippen LogP contribution in [-0.2, 0) is 6.18 Å². The van der Waals surface area contributed by atoms with Gasteiger partial charge in [0.1, 0.15) is 11.4 Å². The summed E-state index contributed by atoms with van der Waals surface area (Å²) < 4.78 is 41.2. The third-order valence-electron chi connectivity index (χ3n) is 4.31. The number of H-pyrrole nitrogens is 1. The Labute approximate surface area is 161 Å². The highest BCUT2D eigenvalue weighted by atomic mass is 35.5. The number of primary amides is 1. The Hall–Kier alpha value is -3.27. The molecule has 1 aromatic carbocycles. The molecule has 1 aliphatic heterocycles. The lowest BCUT2D eigenvalue weighted by atomic mass is 10.1. The van der Waals surface area contributed by atoms with Gasteiger partial charge in [-0.1, -0.05) is 11.6 Å². The van der Waals surface area contributed by atoms with Crippen molar-refractivity contribution in [2.75, 3.05) is 4.90 Å². The maximum absolute atomic E-state index is 13.2. The number of aromatic nitrogens is 3. The number of nitrogens with two attached hydrogens (primary N) is 1. The minimum atomic E-state index is -4.55. The van der Waals surface area contributed by atoms with Crippen LogP contribution in [0.1, 0.15) is 27.9 Å². The van der Waals surface area contributed by atoms with Crippen molar-refractivity contribution in [1.29, 1.82) is 0 Å². The quantitative estimate of drug-likeness (QED) is 0.692. The largest absolute Gasteiger partial charge is 0.416 e. The third kappa shape index (κ3) is 2.91. The number of carbonyl (C=O) groups excluding carboxylic acids is 1. The minimum absolute atomic E-state index is 0.0583. The Morgan fingerprint density at radius 1 is 1.29 bits per heavy atom. The van der Waals surface area contributed by atoms with Gasteiger partial charge in [0.15, 0.2) is 12.0 Å². The fraction of sp³-hybridized carbons (Fsp3) is 0.118. The number of rotatable bonds is 3. The van der Waals surface area contributed by atoms with Gasteiger partial charge in [-0.25, -0.2) is 9.98 Å². The molecule has 0 saturated carbocycles. The molecule has 0 spiro atoms. The maximum Gasteiger partial charge on any atom is 0.416 e. The van der Waals surface area contributed by atoms with E-state index in [1.807, 2.05) is 0 Å². The van der Waals surface area contributed by atoms with Crippen LogP contribution >= 0.6 is 11.6 Å². The van der Waals surface area contributed by atoms with Gasteiger partial charge in [-0.15, -0.1) is 0 Å². The normalized spacial score (nSPS) is 16.3. The van der Waals surface area contributed by atoms with Crippen LogP contribution in [0.4, 0.5) is 24.7 Å². The Morgan fingerprint density at radius 2 is 2.07 bits per heavy atom. The van der Waals surface area contributed by atoms with Crippen LogP contribution in [0.3, 0.4) is 0 Å². The third-order valence-corrected chi connectivity index (χ3v) is 4.63. The zero-order valence-electron chi connectivity index (χ0n) is 14.0. The number of carbonyl (C=O) groups is 1. The highest BCUT2D eigenvalue weighted by Gasteiger charge is 2.35. The summed E-state index contributed by atoms with van der Waals surface area (Å²) in [5.74, 6) is -0.284. The van der Waals surface area contributed by atoms with Gasteiger partial charge in [0, 0.05) is 6.20 Å². The molecule has 7 nitrogen and oxygen atoms in total. The number of alkyl halides is 3. The zero-order chi connectivity index (χ0) is 20.1. The second-order valence-electron chi connectivity index (χ2n) is 5.99. The van der Waals surface area contributed by atoms with Gasteiger partial charge in [0.25, 0.3) is 5.91 Å². The predicted octanol–water partition coefficient (Wildman–Crippen LogP) is 3.71. The van der Waals surface area contributed by atoms with E-state index in [4.69, 9.17) is 17.3 Å². The van der Waals surface area contributed by atoms with Gasteiger partial charge < -0.3 is 20.2 Å². The van der Waals surface area contributed by atoms with E-state index in [1.165, 1.54) is 28.2 Å². The second-order valence-corrected chi connectivity index (χ2v) is 6.40. The summed E-state index contributed by atoms with van der Waals surface area (Å²) in [5, 5.41) is 0.0798. The Bertz CT molecular complexity index is 1090. The standard InChI is InChI=1S/C17H12ClF3N6O/c18-10-4-3-9(17(19,20)21)6-12(10)27-8-25-15-13(23-7-24-15)16(27)26-5-1-2-11(26)14(22)28/h1-8,16H,(H2,22,28)(H,23,24). The number of halogens is 4. The number of fused-ring (bicyclic) bond motifs is 1. The van der Waals surface area contributed by atoms with Crippen LogP contribution in [0, 0.1) is 0 Å². The number of aromatic amines is 1. The second kappa shape index (κ2) is 6.41. The lowest BCUT2D eigenvalue weighted by Gasteiger charge is -2.34. The van der Waals surface area contributed by atoms with E-state index >= 15 is 0 Å². The van der Waals surface area contributed by atoms with Crippen molar-refractivity contribution in [3.63, 3.8) is 0 Å². The molecule has 4 rings (SSSR count). The number of aliphatic imine (C=N–C) groups is 1. The van der Waals surface area contributed by atoms with Crippen LogP contribution in [0.2, 0.25) is 5.02 Å². The Kier molecular flexibility index (Phi) is 4.15. The molecule has 3 N–H and O–H groups in total. The van der Waals surface area contributed by atoms with Gasteiger partial charge >= 0.3 is 6.18 Å². The summed E-state index contributed by atoms with van der Waals surface area (Å²) in [4.78, 5) is 24.5. The lowest BCUT2D eigenvalue weighted by molar-refractivity contribution is -0.137. The molecule has 11 heteroatoms. The zero-order valence-corrected chi connectivity index (χ0v) is 14.7. The summed E-state index contributed by atoms with van der Waals surface area (Å²) in [7, 11) is 0. The molecule has 144 valence electrons. The Morgan fingerprint density at radius 3 is 2.79 bits per heavy atom. The highest BCUT2D eigenvalue weighted by molar-refractivity contribution is 6.33. The lowest BCUT2D eigenvalue weighted by Crippen LogP contribution is -2.37. The summed E-state index contributed by atoms with van der Waals surface area (Å²) in [6, 6.07) is 6.09. The van der Waals surface area contributed by atoms with Crippen molar-refractivity contribution in [3.05, 3.63) is 64.8 Å². The molecule has 3 aromatic rings. The molecule has 1 atom stereocenters. The molecule has 3 heterocycles. The van der Waals surface area contributed by atoms with Gasteiger partial charge in [0.05, 0.1) is 28.9 Å². The summed E-state index contributed by atoms with van der Waals surface area (Å²) in [6.45, 7) is 0. The van der Waals surface area contributed by atoms with Crippen molar-refractivity contribution >= 4 is 35.4 Å².